The van der Waals surface area contributed by atoms with Crippen LogP contribution in [0.4, 0.5) is 9.18 Å². The topological polar surface area (TPSA) is 67.9 Å². The first-order valence-corrected chi connectivity index (χ1v) is 10.6. The number of carbonyl (C=O) groups excluding carboxylic acids is 2. The van der Waals surface area contributed by atoms with E-state index >= 15 is 0 Å². The van der Waals surface area contributed by atoms with Crippen molar-refractivity contribution in [1.82, 2.24) is 10.2 Å². The molecular weight excluding hydrogens is 407 g/mol. The van der Waals surface area contributed by atoms with Gasteiger partial charge in [0.1, 0.15) is 18.2 Å². The number of carbonyl (C=O) groups is 2. The van der Waals surface area contributed by atoms with Crippen LogP contribution in [0.2, 0.25) is 0 Å². The molecule has 2 amide bonds. The Hall–Kier alpha value is -3.00. The third-order valence-corrected chi connectivity index (χ3v) is 5.43. The zero-order valence-electron chi connectivity index (χ0n) is 17.0. The van der Waals surface area contributed by atoms with Gasteiger partial charge in [-0.2, -0.15) is 0 Å². The smallest absolute Gasteiger partial charge is 0.338 e. The largest absolute Gasteiger partial charge is 0.487 e. The van der Waals surface area contributed by atoms with Gasteiger partial charge in [-0.15, -0.1) is 11.8 Å². The average molecular weight is 431 g/mol. The maximum Gasteiger partial charge on any atom is 0.338 e. The number of hydrogen-bond donors (Lipinski definition) is 1. The zero-order chi connectivity index (χ0) is 21.7. The van der Waals surface area contributed by atoms with Crippen LogP contribution in [-0.4, -0.2) is 43.4 Å². The Morgan fingerprint density at radius 1 is 1.23 bits per heavy atom. The minimum absolute atomic E-state index is 0.0253. The standard InChI is InChI=1S/C22H23FN2O4S/c1-4-28-21(26)19-18(13-29-16-8-10-17(30-3)11-9-16)25(2)22(27)24-20(19)14-6-5-7-15(23)12-14/h5-12,20H,4,13H2,1-3H3,(H,24,27)/t20-/m1/s1. The molecule has 0 radical (unpaired) electrons. The predicted molar refractivity (Wildman–Crippen MR) is 113 cm³/mol. The molecule has 1 atom stereocenters. The van der Waals surface area contributed by atoms with Crippen LogP contribution in [0.3, 0.4) is 0 Å². The van der Waals surface area contributed by atoms with E-state index in [4.69, 9.17) is 9.47 Å². The summed E-state index contributed by atoms with van der Waals surface area (Å²) in [6, 6.07) is 12.0. The van der Waals surface area contributed by atoms with Crippen LogP contribution < -0.4 is 10.1 Å². The summed E-state index contributed by atoms with van der Waals surface area (Å²) in [5.74, 6) is -0.448. The molecule has 2 aromatic rings. The molecule has 1 N–H and O–H groups in total. The molecule has 0 fully saturated rings. The molecule has 1 aliphatic rings. The van der Waals surface area contributed by atoms with Crippen molar-refractivity contribution in [1.29, 1.82) is 0 Å². The van der Waals surface area contributed by atoms with Crippen molar-refractivity contribution in [2.45, 2.75) is 17.9 Å². The highest BCUT2D eigenvalue weighted by Crippen LogP contribution is 2.32. The quantitative estimate of drug-likeness (QED) is 0.528. The third kappa shape index (κ3) is 4.76. The first-order chi connectivity index (χ1) is 14.4. The number of benzene rings is 2. The van der Waals surface area contributed by atoms with E-state index in [0.29, 0.717) is 17.0 Å². The van der Waals surface area contributed by atoms with Gasteiger partial charge in [-0.25, -0.2) is 14.0 Å². The van der Waals surface area contributed by atoms with Crippen molar-refractivity contribution in [2.75, 3.05) is 26.5 Å². The van der Waals surface area contributed by atoms with Crippen molar-refractivity contribution in [2.24, 2.45) is 0 Å². The van der Waals surface area contributed by atoms with E-state index in [1.807, 2.05) is 30.5 Å². The summed E-state index contributed by atoms with van der Waals surface area (Å²) in [5, 5.41) is 2.75. The van der Waals surface area contributed by atoms with Gasteiger partial charge < -0.3 is 14.8 Å². The van der Waals surface area contributed by atoms with Gasteiger partial charge >= 0.3 is 12.0 Å². The molecule has 158 valence electrons. The van der Waals surface area contributed by atoms with Gasteiger partial charge in [-0.05, 0) is 55.1 Å². The molecule has 1 heterocycles. The monoisotopic (exact) mass is 430 g/mol. The summed E-state index contributed by atoms with van der Waals surface area (Å²) in [7, 11) is 1.55. The molecule has 0 bridgehead atoms. The van der Waals surface area contributed by atoms with Crippen LogP contribution in [0.5, 0.6) is 5.75 Å². The summed E-state index contributed by atoms with van der Waals surface area (Å²) < 4.78 is 24.9. The molecule has 2 aromatic carbocycles. The number of ether oxygens (including phenoxy) is 2. The molecule has 0 aliphatic carbocycles. The highest BCUT2D eigenvalue weighted by atomic mass is 32.2. The van der Waals surface area contributed by atoms with Crippen molar-refractivity contribution in [3.8, 4) is 5.75 Å². The first kappa shape index (κ1) is 21.7. The minimum Gasteiger partial charge on any atom is -0.487 e. The maximum atomic E-state index is 13.8. The van der Waals surface area contributed by atoms with E-state index in [1.165, 1.54) is 23.1 Å². The second kappa shape index (κ2) is 9.67. The molecule has 0 aromatic heterocycles. The number of esters is 1. The van der Waals surface area contributed by atoms with Gasteiger partial charge in [0.05, 0.1) is 23.9 Å². The molecule has 1 aliphatic heterocycles. The number of thioether (sulfide) groups is 1. The molecule has 8 heteroatoms. The van der Waals surface area contributed by atoms with Crippen molar-refractivity contribution in [3.05, 3.63) is 71.2 Å². The SMILES string of the molecule is CCOC(=O)C1=C(COc2ccc(SC)cc2)N(C)C(=O)N[C@@H]1c1cccc(F)c1. The van der Waals surface area contributed by atoms with Gasteiger partial charge in [-0.3, -0.25) is 4.90 Å². The number of halogens is 1. The van der Waals surface area contributed by atoms with E-state index < -0.39 is 23.9 Å². The third-order valence-electron chi connectivity index (χ3n) is 4.69. The van der Waals surface area contributed by atoms with Gasteiger partial charge in [0.2, 0.25) is 0 Å². The summed E-state index contributed by atoms with van der Waals surface area (Å²) in [6.45, 7) is 1.84. The van der Waals surface area contributed by atoms with Crippen LogP contribution in [0.1, 0.15) is 18.5 Å². The Morgan fingerprint density at radius 2 is 1.97 bits per heavy atom. The van der Waals surface area contributed by atoms with Gasteiger partial charge in [0, 0.05) is 11.9 Å². The number of likely N-dealkylation sites (N-methyl/N-ethyl adjacent to an activating group) is 1. The second-order valence-electron chi connectivity index (χ2n) is 6.54. The number of hydrogen-bond acceptors (Lipinski definition) is 5. The molecule has 30 heavy (non-hydrogen) atoms. The molecule has 6 nitrogen and oxygen atoms in total. The highest BCUT2D eigenvalue weighted by Gasteiger charge is 2.37. The zero-order valence-corrected chi connectivity index (χ0v) is 17.8. The van der Waals surface area contributed by atoms with Gasteiger partial charge in [-0.1, -0.05) is 12.1 Å². The van der Waals surface area contributed by atoms with Crippen LogP contribution in [0, 0.1) is 5.82 Å². The van der Waals surface area contributed by atoms with Crippen LogP contribution >= 0.6 is 11.8 Å². The predicted octanol–water partition coefficient (Wildman–Crippen LogP) is 4.14. The molecule has 3 rings (SSSR count). The molecular formula is C22H23FN2O4S. The highest BCUT2D eigenvalue weighted by molar-refractivity contribution is 7.98. The van der Waals surface area contributed by atoms with Gasteiger partial charge in [0.25, 0.3) is 0 Å². The number of amides is 2. The Bertz CT molecular complexity index is 962. The van der Waals surface area contributed by atoms with E-state index in [1.54, 1.807) is 31.8 Å². The minimum atomic E-state index is -0.846. The fourth-order valence-corrected chi connectivity index (χ4v) is 3.55. The van der Waals surface area contributed by atoms with Crippen molar-refractivity contribution < 1.29 is 23.5 Å². The molecule has 0 saturated carbocycles. The van der Waals surface area contributed by atoms with E-state index in [-0.39, 0.29) is 18.8 Å². The first-order valence-electron chi connectivity index (χ1n) is 9.41. The molecule has 0 spiro atoms. The fourth-order valence-electron chi connectivity index (χ4n) is 3.14. The average Bonchev–Trinajstić information content (AvgIpc) is 2.74. The number of urea groups is 1. The number of nitrogens with zero attached hydrogens (tertiary/aromatic N) is 1. The van der Waals surface area contributed by atoms with Crippen LogP contribution in [-0.2, 0) is 9.53 Å². The summed E-state index contributed by atoms with van der Waals surface area (Å²) in [4.78, 5) is 27.8. The van der Waals surface area contributed by atoms with Crippen LogP contribution in [0.15, 0.2) is 64.7 Å². The second-order valence-corrected chi connectivity index (χ2v) is 7.42. The van der Waals surface area contributed by atoms with Crippen molar-refractivity contribution >= 4 is 23.8 Å². The Labute approximate surface area is 179 Å². The van der Waals surface area contributed by atoms with Gasteiger partial charge in [0.15, 0.2) is 0 Å². The molecule has 0 saturated heterocycles. The van der Waals surface area contributed by atoms with E-state index in [9.17, 15) is 14.0 Å². The number of nitrogens with one attached hydrogen (secondary N) is 1. The maximum absolute atomic E-state index is 13.8. The van der Waals surface area contributed by atoms with Crippen LogP contribution in [0.25, 0.3) is 0 Å². The Kier molecular flexibility index (Phi) is 6.99. The molecule has 0 unspecified atom stereocenters. The summed E-state index contributed by atoms with van der Waals surface area (Å²) in [6.07, 6.45) is 1.98. The lowest BCUT2D eigenvalue weighted by atomic mass is 9.94. The number of rotatable bonds is 7. The summed E-state index contributed by atoms with van der Waals surface area (Å²) >= 11 is 1.62. The summed E-state index contributed by atoms with van der Waals surface area (Å²) in [5.41, 5.74) is 1.02. The van der Waals surface area contributed by atoms with Crippen molar-refractivity contribution in [3.63, 3.8) is 0 Å². The lowest BCUT2D eigenvalue weighted by molar-refractivity contribution is -0.139. The Morgan fingerprint density at radius 3 is 2.60 bits per heavy atom. The Balaban J connectivity index is 1.99. The fraction of sp³-hybridized carbons (Fsp3) is 0.273. The normalized spacial score (nSPS) is 16.3. The van der Waals surface area contributed by atoms with E-state index in [2.05, 4.69) is 5.32 Å². The van der Waals surface area contributed by atoms with E-state index in [0.717, 1.165) is 4.90 Å². The lowest BCUT2D eigenvalue weighted by Gasteiger charge is -2.34. The lowest BCUT2D eigenvalue weighted by Crippen LogP contribution is -2.48.